The van der Waals surface area contributed by atoms with Gasteiger partial charge in [-0.05, 0) is 24.5 Å². The van der Waals surface area contributed by atoms with Crippen LogP contribution in [0.3, 0.4) is 0 Å². The molecule has 0 spiro atoms. The summed E-state index contributed by atoms with van der Waals surface area (Å²) in [4.78, 5) is 12.1. The summed E-state index contributed by atoms with van der Waals surface area (Å²) in [5.41, 5.74) is 3.38. The van der Waals surface area contributed by atoms with Crippen LogP contribution in [-0.4, -0.2) is 11.2 Å². The summed E-state index contributed by atoms with van der Waals surface area (Å²) >= 11 is 0. The molecule has 0 unspecified atom stereocenters. The summed E-state index contributed by atoms with van der Waals surface area (Å²) < 4.78 is 11.8. The second-order valence-corrected chi connectivity index (χ2v) is 7.12. The Bertz CT molecular complexity index is 880. The van der Waals surface area contributed by atoms with Crippen LogP contribution in [0.2, 0.25) is 0 Å². The lowest BCUT2D eigenvalue weighted by Crippen LogP contribution is -2.33. The smallest absolute Gasteiger partial charge is 0.342 e. The predicted octanol–water partition coefficient (Wildman–Crippen LogP) is 4.75. The van der Waals surface area contributed by atoms with Gasteiger partial charge in [0.15, 0.2) is 0 Å². The van der Waals surface area contributed by atoms with E-state index in [-0.39, 0.29) is 29.8 Å². The van der Waals surface area contributed by atoms with E-state index in [1.807, 2.05) is 13.8 Å². The minimum Gasteiger partial charge on any atom is -0.507 e. The molecule has 0 saturated carbocycles. The highest BCUT2D eigenvalue weighted by atomic mass is 16.5. The summed E-state index contributed by atoms with van der Waals surface area (Å²) in [7, 11) is 0. The van der Waals surface area contributed by atoms with Crippen LogP contribution in [0.25, 0.3) is 0 Å². The number of benzene rings is 1. The van der Waals surface area contributed by atoms with Crippen molar-refractivity contribution >= 4 is 0 Å². The van der Waals surface area contributed by atoms with E-state index < -0.39 is 5.63 Å². The van der Waals surface area contributed by atoms with Crippen molar-refractivity contribution in [2.24, 2.45) is 0 Å². The molecule has 0 amide bonds. The van der Waals surface area contributed by atoms with Gasteiger partial charge in [-0.1, -0.05) is 50.6 Å². The minimum atomic E-state index is -0.478. The Balaban J connectivity index is 2.00. The van der Waals surface area contributed by atoms with Crippen molar-refractivity contribution in [3.05, 3.63) is 75.4 Å². The molecule has 0 bridgehead atoms. The molecule has 1 aliphatic rings. The zero-order valence-electron chi connectivity index (χ0n) is 15.8. The molecule has 0 saturated heterocycles. The van der Waals surface area contributed by atoms with Crippen molar-refractivity contribution in [3.63, 3.8) is 0 Å². The standard InChI is InChI=1S/C22H26O4/c1-6-15-18(23)11-20(26-22(15)24)14(5)21-13(4)16-9-8-12(3)10-17(16)19(7-2)25-21/h7-11,13-14,19,21,23H,2,6H2,1,3-5H3/t13-,14+,19+,21+/m0/s1. The second-order valence-electron chi connectivity index (χ2n) is 7.12. The molecule has 4 nitrogen and oxygen atoms in total. The summed E-state index contributed by atoms with van der Waals surface area (Å²) in [6.07, 6.45) is 1.84. The number of ether oxygens (including phenoxy) is 1. The van der Waals surface area contributed by atoms with Crippen LogP contribution < -0.4 is 5.63 Å². The molecule has 4 atom stereocenters. The maximum Gasteiger partial charge on any atom is 0.342 e. The van der Waals surface area contributed by atoms with Crippen LogP contribution >= 0.6 is 0 Å². The fourth-order valence-electron chi connectivity index (χ4n) is 3.86. The van der Waals surface area contributed by atoms with Crippen molar-refractivity contribution in [3.8, 4) is 5.75 Å². The number of fused-ring (bicyclic) bond motifs is 1. The zero-order chi connectivity index (χ0) is 19.0. The Morgan fingerprint density at radius 3 is 2.65 bits per heavy atom. The average molecular weight is 354 g/mol. The first-order valence-corrected chi connectivity index (χ1v) is 9.11. The molecule has 2 heterocycles. The van der Waals surface area contributed by atoms with Crippen LogP contribution in [0.15, 0.2) is 46.1 Å². The number of hydrogen-bond donors (Lipinski definition) is 1. The largest absolute Gasteiger partial charge is 0.507 e. The van der Waals surface area contributed by atoms with Gasteiger partial charge in [-0.2, -0.15) is 0 Å². The van der Waals surface area contributed by atoms with Crippen molar-refractivity contribution < 1.29 is 14.3 Å². The molecule has 1 N–H and O–H groups in total. The van der Waals surface area contributed by atoms with Gasteiger partial charge < -0.3 is 14.3 Å². The quantitative estimate of drug-likeness (QED) is 0.805. The molecule has 3 rings (SSSR count). The topological polar surface area (TPSA) is 59.7 Å². The van der Waals surface area contributed by atoms with Gasteiger partial charge in [0.2, 0.25) is 0 Å². The summed E-state index contributed by atoms with van der Waals surface area (Å²) in [6, 6.07) is 7.93. The first kappa shape index (κ1) is 18.5. The first-order valence-electron chi connectivity index (χ1n) is 9.11. The maximum atomic E-state index is 12.1. The van der Waals surface area contributed by atoms with Crippen LogP contribution in [0.1, 0.15) is 66.7 Å². The summed E-state index contributed by atoms with van der Waals surface area (Å²) in [5.74, 6) is 0.367. The zero-order valence-corrected chi connectivity index (χ0v) is 15.8. The third-order valence-corrected chi connectivity index (χ3v) is 5.39. The average Bonchev–Trinajstić information content (AvgIpc) is 2.61. The van der Waals surface area contributed by atoms with E-state index in [1.165, 1.54) is 11.1 Å². The van der Waals surface area contributed by atoms with E-state index in [4.69, 9.17) is 9.15 Å². The van der Waals surface area contributed by atoms with Crippen molar-refractivity contribution in [2.75, 3.05) is 0 Å². The first-order chi connectivity index (χ1) is 12.4. The van der Waals surface area contributed by atoms with Gasteiger partial charge >= 0.3 is 5.63 Å². The fraction of sp³-hybridized carbons (Fsp3) is 0.409. The Morgan fingerprint density at radius 1 is 1.31 bits per heavy atom. The van der Waals surface area contributed by atoms with Gasteiger partial charge in [-0.25, -0.2) is 4.79 Å². The van der Waals surface area contributed by atoms with Crippen molar-refractivity contribution in [2.45, 2.75) is 58.2 Å². The van der Waals surface area contributed by atoms with Crippen LogP contribution in [-0.2, 0) is 11.2 Å². The highest BCUT2D eigenvalue weighted by Gasteiger charge is 2.37. The normalized spacial score (nSPS) is 23.3. The Morgan fingerprint density at radius 2 is 2.04 bits per heavy atom. The van der Waals surface area contributed by atoms with Gasteiger partial charge in [0.1, 0.15) is 17.6 Å². The van der Waals surface area contributed by atoms with Crippen LogP contribution in [0.5, 0.6) is 5.75 Å². The summed E-state index contributed by atoms with van der Waals surface area (Å²) in [6.45, 7) is 11.9. The fourth-order valence-corrected chi connectivity index (χ4v) is 3.86. The van der Waals surface area contributed by atoms with E-state index in [2.05, 4.69) is 38.6 Å². The lowest BCUT2D eigenvalue weighted by molar-refractivity contribution is -0.0313. The van der Waals surface area contributed by atoms with Gasteiger partial charge in [-0.15, -0.1) is 6.58 Å². The number of rotatable bonds is 4. The predicted molar refractivity (Wildman–Crippen MR) is 102 cm³/mol. The lowest BCUT2D eigenvalue weighted by atomic mass is 9.80. The lowest BCUT2D eigenvalue weighted by Gasteiger charge is -2.38. The summed E-state index contributed by atoms with van der Waals surface area (Å²) in [5, 5.41) is 10.2. The molecule has 26 heavy (non-hydrogen) atoms. The monoisotopic (exact) mass is 354 g/mol. The Kier molecular flexibility index (Phi) is 5.05. The SMILES string of the molecule is C=C[C@H]1O[C@@H]([C@H](C)c2cc(O)c(CC)c(=O)o2)[C@@H](C)c2ccc(C)cc21. The van der Waals surface area contributed by atoms with Gasteiger partial charge in [0.25, 0.3) is 0 Å². The molecule has 1 aromatic heterocycles. The van der Waals surface area contributed by atoms with Crippen molar-refractivity contribution in [1.29, 1.82) is 0 Å². The van der Waals surface area contributed by atoms with E-state index in [9.17, 15) is 9.90 Å². The van der Waals surface area contributed by atoms with E-state index in [0.717, 1.165) is 5.56 Å². The molecular formula is C22H26O4. The van der Waals surface area contributed by atoms with Gasteiger partial charge in [0, 0.05) is 17.9 Å². The molecule has 1 aliphatic heterocycles. The third-order valence-electron chi connectivity index (χ3n) is 5.39. The Labute approximate surface area is 154 Å². The van der Waals surface area contributed by atoms with Crippen molar-refractivity contribution in [1.82, 2.24) is 0 Å². The van der Waals surface area contributed by atoms with E-state index in [0.29, 0.717) is 17.7 Å². The number of aryl methyl sites for hydroxylation is 1. The molecule has 138 valence electrons. The Hall–Kier alpha value is -2.33. The van der Waals surface area contributed by atoms with E-state index >= 15 is 0 Å². The highest BCUT2D eigenvalue weighted by Crippen LogP contribution is 2.43. The molecule has 0 fully saturated rings. The third kappa shape index (κ3) is 3.10. The van der Waals surface area contributed by atoms with Gasteiger partial charge in [-0.3, -0.25) is 0 Å². The number of hydrogen-bond acceptors (Lipinski definition) is 4. The molecule has 4 heteroatoms. The van der Waals surface area contributed by atoms with Crippen LogP contribution in [0.4, 0.5) is 0 Å². The maximum absolute atomic E-state index is 12.1. The molecule has 0 radical (unpaired) electrons. The second kappa shape index (κ2) is 7.12. The number of aromatic hydroxyl groups is 1. The molecule has 1 aromatic carbocycles. The van der Waals surface area contributed by atoms with Gasteiger partial charge in [0.05, 0.1) is 11.7 Å². The minimum absolute atomic E-state index is 0.00893. The highest BCUT2D eigenvalue weighted by molar-refractivity contribution is 5.40. The molecular weight excluding hydrogens is 328 g/mol. The molecule has 0 aliphatic carbocycles. The molecule has 2 aromatic rings. The van der Waals surface area contributed by atoms with Crippen LogP contribution in [0, 0.1) is 6.92 Å². The van der Waals surface area contributed by atoms with E-state index in [1.54, 1.807) is 12.1 Å².